The van der Waals surface area contributed by atoms with Crippen molar-refractivity contribution in [1.82, 2.24) is 9.97 Å². The molecule has 1 aromatic heterocycles. The molecule has 3 N–H and O–H groups in total. The molecule has 0 saturated carbocycles. The van der Waals surface area contributed by atoms with Gasteiger partial charge in [0, 0.05) is 16.8 Å². The van der Waals surface area contributed by atoms with Crippen molar-refractivity contribution in [3.8, 4) is 11.6 Å². The minimum absolute atomic E-state index is 0.132. The number of benzene rings is 2. The van der Waals surface area contributed by atoms with Gasteiger partial charge in [-0.25, -0.2) is 0 Å². The van der Waals surface area contributed by atoms with Crippen molar-refractivity contribution in [3.63, 3.8) is 0 Å². The highest BCUT2D eigenvalue weighted by molar-refractivity contribution is 6.30. The smallest absolute Gasteiger partial charge is 0.226 e. The molecule has 0 aliphatic rings. The van der Waals surface area contributed by atoms with Gasteiger partial charge in [0.05, 0.1) is 0 Å². The highest BCUT2D eigenvalue weighted by Gasteiger charge is 2.06. The molecule has 2 aromatic carbocycles. The molecule has 0 radical (unpaired) electrons. The van der Waals surface area contributed by atoms with Crippen LogP contribution < -0.4 is 15.8 Å². The van der Waals surface area contributed by atoms with Crippen LogP contribution in [0.1, 0.15) is 11.1 Å². The average molecular weight is 341 g/mol. The van der Waals surface area contributed by atoms with Crippen LogP contribution in [0.15, 0.2) is 48.5 Å². The number of nitrogen functional groups attached to an aromatic ring is 1. The molecule has 0 atom stereocenters. The van der Waals surface area contributed by atoms with Gasteiger partial charge in [-0.1, -0.05) is 17.7 Å². The van der Waals surface area contributed by atoms with Gasteiger partial charge in [-0.15, -0.1) is 0 Å². The second-order valence-electron chi connectivity index (χ2n) is 5.43. The van der Waals surface area contributed by atoms with Gasteiger partial charge >= 0.3 is 0 Å². The zero-order valence-corrected chi connectivity index (χ0v) is 14.1. The first-order valence-corrected chi connectivity index (χ1v) is 7.80. The third-order valence-corrected chi connectivity index (χ3v) is 3.79. The van der Waals surface area contributed by atoms with Crippen LogP contribution in [0.25, 0.3) is 0 Å². The van der Waals surface area contributed by atoms with E-state index in [1.54, 1.807) is 30.3 Å². The predicted octanol–water partition coefficient (Wildman–Crippen LogP) is 4.86. The van der Waals surface area contributed by atoms with Gasteiger partial charge < -0.3 is 15.8 Å². The maximum Gasteiger partial charge on any atom is 0.226 e. The average Bonchev–Trinajstić information content (AvgIpc) is 2.53. The highest BCUT2D eigenvalue weighted by atomic mass is 35.5. The number of nitrogens with zero attached hydrogens (tertiary/aromatic N) is 2. The van der Waals surface area contributed by atoms with Gasteiger partial charge in [0.25, 0.3) is 0 Å². The summed E-state index contributed by atoms with van der Waals surface area (Å²) in [6, 6.07) is 14.8. The van der Waals surface area contributed by atoms with Crippen LogP contribution in [-0.4, -0.2) is 9.97 Å². The maximum absolute atomic E-state index is 5.87. The van der Waals surface area contributed by atoms with Crippen molar-refractivity contribution < 1.29 is 4.74 Å². The van der Waals surface area contributed by atoms with Crippen LogP contribution in [0.4, 0.5) is 17.5 Å². The number of halogens is 1. The first-order valence-electron chi connectivity index (χ1n) is 7.42. The topological polar surface area (TPSA) is 73.1 Å². The summed E-state index contributed by atoms with van der Waals surface area (Å²) in [7, 11) is 0. The third kappa shape index (κ3) is 3.94. The number of rotatable bonds is 4. The van der Waals surface area contributed by atoms with E-state index < -0.39 is 0 Å². The number of ether oxygens (including phenoxy) is 1. The molecule has 0 amide bonds. The van der Waals surface area contributed by atoms with Crippen molar-refractivity contribution in [2.24, 2.45) is 0 Å². The molecule has 3 rings (SSSR count). The van der Waals surface area contributed by atoms with E-state index in [4.69, 9.17) is 22.1 Å². The Hall–Kier alpha value is -2.79. The van der Waals surface area contributed by atoms with E-state index in [2.05, 4.69) is 29.1 Å². The van der Waals surface area contributed by atoms with Crippen LogP contribution in [-0.2, 0) is 0 Å². The Morgan fingerprint density at radius 1 is 0.958 bits per heavy atom. The summed E-state index contributed by atoms with van der Waals surface area (Å²) < 4.78 is 5.71. The number of anilines is 3. The number of hydrogen-bond donors (Lipinski definition) is 2. The summed E-state index contributed by atoms with van der Waals surface area (Å²) in [5, 5.41) is 3.86. The van der Waals surface area contributed by atoms with E-state index >= 15 is 0 Å². The Labute approximate surface area is 145 Å². The molecule has 5 nitrogen and oxygen atoms in total. The molecule has 0 bridgehead atoms. The van der Waals surface area contributed by atoms with Gasteiger partial charge in [-0.2, -0.15) is 9.97 Å². The quantitative estimate of drug-likeness (QED) is 0.709. The number of hydrogen-bond acceptors (Lipinski definition) is 5. The highest BCUT2D eigenvalue weighted by Crippen LogP contribution is 2.25. The standard InChI is InChI=1S/C18H17ClN4O/c1-11-3-6-14(9-12(11)2)21-16-10-17(23-18(20)22-16)24-15-7-4-13(19)5-8-15/h3-10H,1-2H3,(H3,20,21,22,23). The van der Waals surface area contributed by atoms with Crippen molar-refractivity contribution in [1.29, 1.82) is 0 Å². The molecule has 0 fully saturated rings. The van der Waals surface area contributed by atoms with Crippen LogP contribution in [0.5, 0.6) is 11.6 Å². The van der Waals surface area contributed by atoms with Crippen molar-refractivity contribution in [2.75, 3.05) is 11.1 Å². The fraction of sp³-hybridized carbons (Fsp3) is 0.111. The summed E-state index contributed by atoms with van der Waals surface area (Å²) in [6.45, 7) is 4.13. The molecular formula is C18H17ClN4O. The van der Waals surface area contributed by atoms with Gasteiger partial charge in [-0.05, 0) is 61.4 Å². The van der Waals surface area contributed by atoms with Gasteiger partial charge in [-0.3, -0.25) is 0 Å². The summed E-state index contributed by atoms with van der Waals surface area (Å²) in [6.07, 6.45) is 0. The van der Waals surface area contributed by atoms with Gasteiger partial charge in [0.2, 0.25) is 11.8 Å². The Bertz CT molecular complexity index is 865. The minimum Gasteiger partial charge on any atom is -0.439 e. The predicted molar refractivity (Wildman–Crippen MR) is 97.2 cm³/mol. The van der Waals surface area contributed by atoms with E-state index in [0.29, 0.717) is 22.5 Å². The molecule has 0 aliphatic carbocycles. The second kappa shape index (κ2) is 6.76. The zero-order chi connectivity index (χ0) is 17.1. The van der Waals surface area contributed by atoms with E-state index in [9.17, 15) is 0 Å². The first-order chi connectivity index (χ1) is 11.5. The molecule has 0 unspecified atom stereocenters. The van der Waals surface area contributed by atoms with Crippen LogP contribution >= 0.6 is 11.6 Å². The Kier molecular flexibility index (Phi) is 4.53. The first kappa shape index (κ1) is 16.1. The number of nitrogens with two attached hydrogens (primary N) is 1. The monoisotopic (exact) mass is 340 g/mol. The minimum atomic E-state index is 0.132. The molecule has 24 heavy (non-hydrogen) atoms. The number of aryl methyl sites for hydroxylation is 2. The molecule has 122 valence electrons. The lowest BCUT2D eigenvalue weighted by Gasteiger charge is -2.10. The Balaban J connectivity index is 1.82. The van der Waals surface area contributed by atoms with Crippen molar-refractivity contribution >= 4 is 29.1 Å². The maximum atomic E-state index is 5.87. The van der Waals surface area contributed by atoms with E-state index in [1.807, 2.05) is 18.2 Å². The summed E-state index contributed by atoms with van der Waals surface area (Å²) in [5.74, 6) is 1.67. The molecule has 3 aromatic rings. The lowest BCUT2D eigenvalue weighted by Crippen LogP contribution is -2.02. The van der Waals surface area contributed by atoms with E-state index in [-0.39, 0.29) is 5.95 Å². The second-order valence-corrected chi connectivity index (χ2v) is 5.87. The zero-order valence-electron chi connectivity index (χ0n) is 13.4. The van der Waals surface area contributed by atoms with E-state index in [1.165, 1.54) is 11.1 Å². The third-order valence-electron chi connectivity index (χ3n) is 3.54. The fourth-order valence-corrected chi connectivity index (χ4v) is 2.28. The molecule has 6 heteroatoms. The lowest BCUT2D eigenvalue weighted by atomic mass is 10.1. The van der Waals surface area contributed by atoms with Crippen LogP contribution in [0.2, 0.25) is 5.02 Å². The Morgan fingerprint density at radius 2 is 1.71 bits per heavy atom. The number of nitrogens with one attached hydrogen (secondary N) is 1. The molecule has 1 heterocycles. The summed E-state index contributed by atoms with van der Waals surface area (Å²) >= 11 is 5.87. The van der Waals surface area contributed by atoms with Crippen molar-refractivity contribution in [2.45, 2.75) is 13.8 Å². The van der Waals surface area contributed by atoms with E-state index in [0.717, 1.165) is 5.69 Å². The SMILES string of the molecule is Cc1ccc(Nc2cc(Oc3ccc(Cl)cc3)nc(N)n2)cc1C. The fourth-order valence-electron chi connectivity index (χ4n) is 2.15. The normalized spacial score (nSPS) is 10.5. The molecule has 0 aliphatic heterocycles. The van der Waals surface area contributed by atoms with Gasteiger partial charge in [0.1, 0.15) is 11.6 Å². The molecule has 0 spiro atoms. The van der Waals surface area contributed by atoms with Crippen LogP contribution in [0, 0.1) is 13.8 Å². The largest absolute Gasteiger partial charge is 0.439 e. The summed E-state index contributed by atoms with van der Waals surface area (Å²) in [5.41, 5.74) is 9.13. The summed E-state index contributed by atoms with van der Waals surface area (Å²) in [4.78, 5) is 8.29. The number of aromatic nitrogens is 2. The molecular weight excluding hydrogens is 324 g/mol. The Morgan fingerprint density at radius 3 is 2.42 bits per heavy atom. The lowest BCUT2D eigenvalue weighted by molar-refractivity contribution is 0.463. The molecule has 0 saturated heterocycles. The van der Waals surface area contributed by atoms with Crippen LogP contribution in [0.3, 0.4) is 0 Å². The van der Waals surface area contributed by atoms with Crippen molar-refractivity contribution in [3.05, 3.63) is 64.7 Å². The van der Waals surface area contributed by atoms with Gasteiger partial charge in [0.15, 0.2) is 0 Å².